The molecule has 2 N–H and O–H groups in total. The summed E-state index contributed by atoms with van der Waals surface area (Å²) >= 11 is 0. The molecule has 0 radical (unpaired) electrons. The summed E-state index contributed by atoms with van der Waals surface area (Å²) < 4.78 is 48.6. The highest BCUT2D eigenvalue weighted by Crippen LogP contribution is 2.30. The third kappa shape index (κ3) is 6.77. The molecule has 2 aromatic rings. The van der Waals surface area contributed by atoms with E-state index in [1.54, 1.807) is 26.3 Å². The van der Waals surface area contributed by atoms with E-state index in [1.807, 2.05) is 13.0 Å². The molecule has 0 spiro atoms. The van der Waals surface area contributed by atoms with E-state index in [-0.39, 0.29) is 24.0 Å². The maximum Gasteiger partial charge on any atom is 0.416 e. The van der Waals surface area contributed by atoms with Gasteiger partial charge < -0.3 is 20.1 Å². The first-order valence-electron chi connectivity index (χ1n) is 8.32. The normalized spacial score (nSPS) is 11.4. The van der Waals surface area contributed by atoms with Crippen molar-refractivity contribution >= 4 is 35.6 Å². The van der Waals surface area contributed by atoms with Crippen LogP contribution >= 0.6 is 24.0 Å². The van der Waals surface area contributed by atoms with Crippen LogP contribution in [-0.2, 0) is 12.7 Å². The van der Waals surface area contributed by atoms with Crippen molar-refractivity contribution in [2.24, 2.45) is 4.99 Å². The van der Waals surface area contributed by atoms with Crippen LogP contribution in [0.15, 0.2) is 47.5 Å². The first-order chi connectivity index (χ1) is 12.9. The molecule has 0 heterocycles. The SMILES string of the molecule is CCOc1ccc(NC(=NC)NCc2ccc(C(F)(F)F)cc2)cc1OC.I. The molecule has 0 unspecified atom stereocenters. The Labute approximate surface area is 179 Å². The third-order valence-electron chi connectivity index (χ3n) is 3.69. The number of rotatable bonds is 6. The van der Waals surface area contributed by atoms with Crippen LogP contribution in [0.3, 0.4) is 0 Å². The Hall–Kier alpha value is -2.17. The Morgan fingerprint density at radius 1 is 1.07 bits per heavy atom. The zero-order valence-corrected chi connectivity index (χ0v) is 18.1. The van der Waals surface area contributed by atoms with Crippen LogP contribution in [0.5, 0.6) is 11.5 Å². The largest absolute Gasteiger partial charge is 0.493 e. The summed E-state index contributed by atoms with van der Waals surface area (Å²) in [6, 6.07) is 10.4. The molecule has 0 aliphatic rings. The number of nitrogens with one attached hydrogen (secondary N) is 2. The van der Waals surface area contributed by atoms with Crippen molar-refractivity contribution in [3.05, 3.63) is 53.6 Å². The number of methoxy groups -OCH3 is 1. The van der Waals surface area contributed by atoms with Crippen LogP contribution in [0.4, 0.5) is 18.9 Å². The van der Waals surface area contributed by atoms with Crippen molar-refractivity contribution in [2.75, 3.05) is 26.1 Å². The van der Waals surface area contributed by atoms with Crippen LogP contribution in [0.2, 0.25) is 0 Å². The van der Waals surface area contributed by atoms with Gasteiger partial charge in [-0.15, -0.1) is 24.0 Å². The summed E-state index contributed by atoms with van der Waals surface area (Å²) in [7, 11) is 3.16. The fourth-order valence-electron chi connectivity index (χ4n) is 2.33. The van der Waals surface area contributed by atoms with Crippen molar-refractivity contribution in [3.63, 3.8) is 0 Å². The van der Waals surface area contributed by atoms with Crippen LogP contribution in [0.1, 0.15) is 18.1 Å². The number of hydrogen-bond donors (Lipinski definition) is 2. The molecular formula is C19H23F3IN3O2. The summed E-state index contributed by atoms with van der Waals surface area (Å²) in [5.41, 5.74) is 0.765. The smallest absolute Gasteiger partial charge is 0.416 e. The number of nitrogens with zero attached hydrogens (tertiary/aromatic N) is 1. The summed E-state index contributed by atoms with van der Waals surface area (Å²) in [6.07, 6.45) is -4.34. The quantitative estimate of drug-likeness (QED) is 0.330. The maximum atomic E-state index is 12.6. The number of hydrogen-bond acceptors (Lipinski definition) is 3. The van der Waals surface area contributed by atoms with Crippen LogP contribution in [0, 0.1) is 0 Å². The van der Waals surface area contributed by atoms with Crippen LogP contribution in [-0.4, -0.2) is 26.7 Å². The fraction of sp³-hybridized carbons (Fsp3) is 0.316. The molecule has 0 bridgehead atoms. The molecular weight excluding hydrogens is 486 g/mol. The predicted molar refractivity (Wildman–Crippen MR) is 115 cm³/mol. The number of alkyl halides is 3. The Kier molecular flexibility index (Phi) is 9.36. The number of guanidine groups is 1. The van der Waals surface area contributed by atoms with E-state index >= 15 is 0 Å². The minimum Gasteiger partial charge on any atom is -0.493 e. The lowest BCUT2D eigenvalue weighted by Gasteiger charge is -2.15. The molecule has 0 aliphatic heterocycles. The molecule has 5 nitrogen and oxygen atoms in total. The Bertz CT molecular complexity index is 781. The lowest BCUT2D eigenvalue weighted by Crippen LogP contribution is -2.30. The second kappa shape index (κ2) is 11.0. The Balaban J connectivity index is 0.00000392. The molecule has 0 saturated carbocycles. The number of anilines is 1. The molecule has 154 valence electrons. The molecule has 0 aromatic heterocycles. The summed E-state index contributed by atoms with van der Waals surface area (Å²) in [4.78, 5) is 4.11. The van der Waals surface area contributed by atoms with Crippen molar-refractivity contribution < 1.29 is 22.6 Å². The molecule has 0 atom stereocenters. The second-order valence-electron chi connectivity index (χ2n) is 5.54. The van der Waals surface area contributed by atoms with Gasteiger partial charge in [-0.1, -0.05) is 12.1 Å². The van der Waals surface area contributed by atoms with Crippen molar-refractivity contribution in [3.8, 4) is 11.5 Å². The summed E-state index contributed by atoms with van der Waals surface area (Å²) in [5, 5.41) is 6.16. The first kappa shape index (κ1) is 23.9. The van der Waals surface area contributed by atoms with Gasteiger partial charge in [-0.25, -0.2) is 0 Å². The molecule has 2 rings (SSSR count). The predicted octanol–water partition coefficient (Wildman–Crippen LogP) is 4.92. The average Bonchev–Trinajstić information content (AvgIpc) is 2.66. The summed E-state index contributed by atoms with van der Waals surface area (Å²) in [6.45, 7) is 2.74. The second-order valence-corrected chi connectivity index (χ2v) is 5.54. The number of aliphatic imine (C=N–C) groups is 1. The van der Waals surface area contributed by atoms with Gasteiger partial charge >= 0.3 is 6.18 Å². The molecule has 0 fully saturated rings. The van der Waals surface area contributed by atoms with Crippen LogP contribution in [0.25, 0.3) is 0 Å². The van der Waals surface area contributed by atoms with E-state index in [2.05, 4.69) is 15.6 Å². The Morgan fingerprint density at radius 2 is 1.75 bits per heavy atom. The molecule has 0 saturated heterocycles. The van der Waals surface area contributed by atoms with E-state index in [1.165, 1.54) is 12.1 Å². The van der Waals surface area contributed by atoms with E-state index in [0.717, 1.165) is 17.8 Å². The van der Waals surface area contributed by atoms with Crippen molar-refractivity contribution in [2.45, 2.75) is 19.6 Å². The van der Waals surface area contributed by atoms with E-state index < -0.39 is 11.7 Å². The standard InChI is InChI=1S/C19H22F3N3O2.HI/c1-4-27-16-10-9-15(11-17(16)26-3)25-18(23-2)24-12-13-5-7-14(8-6-13)19(20,21)22;/h5-11H,4,12H2,1-3H3,(H2,23,24,25);1H. The van der Waals surface area contributed by atoms with Gasteiger partial charge in [-0.2, -0.15) is 13.2 Å². The van der Waals surface area contributed by atoms with Crippen LogP contribution < -0.4 is 20.1 Å². The number of halogens is 4. The molecule has 0 aliphatic carbocycles. The topological polar surface area (TPSA) is 54.9 Å². The van der Waals surface area contributed by atoms with Gasteiger partial charge in [0.2, 0.25) is 0 Å². The highest BCUT2D eigenvalue weighted by molar-refractivity contribution is 14.0. The third-order valence-corrected chi connectivity index (χ3v) is 3.69. The van der Waals surface area contributed by atoms with Gasteiger partial charge in [0.05, 0.1) is 19.3 Å². The lowest BCUT2D eigenvalue weighted by atomic mass is 10.1. The zero-order chi connectivity index (χ0) is 19.9. The number of benzene rings is 2. The molecule has 2 aromatic carbocycles. The van der Waals surface area contributed by atoms with Gasteiger partial charge in [0, 0.05) is 25.3 Å². The van der Waals surface area contributed by atoms with E-state index in [4.69, 9.17) is 9.47 Å². The fourth-order valence-corrected chi connectivity index (χ4v) is 2.33. The van der Waals surface area contributed by atoms with E-state index in [0.29, 0.717) is 36.2 Å². The first-order valence-corrected chi connectivity index (χ1v) is 8.32. The van der Waals surface area contributed by atoms with Crippen molar-refractivity contribution in [1.29, 1.82) is 0 Å². The monoisotopic (exact) mass is 509 g/mol. The Morgan fingerprint density at radius 3 is 2.29 bits per heavy atom. The molecule has 28 heavy (non-hydrogen) atoms. The van der Waals surface area contributed by atoms with Gasteiger partial charge in [0.1, 0.15) is 0 Å². The highest BCUT2D eigenvalue weighted by atomic mass is 127. The highest BCUT2D eigenvalue weighted by Gasteiger charge is 2.29. The summed E-state index contributed by atoms with van der Waals surface area (Å²) in [5.74, 6) is 1.69. The average molecular weight is 509 g/mol. The minimum atomic E-state index is -4.34. The maximum absolute atomic E-state index is 12.6. The van der Waals surface area contributed by atoms with Gasteiger partial charge in [-0.3, -0.25) is 4.99 Å². The van der Waals surface area contributed by atoms with Gasteiger partial charge in [0.15, 0.2) is 17.5 Å². The zero-order valence-electron chi connectivity index (χ0n) is 15.8. The number of ether oxygens (including phenoxy) is 2. The minimum absolute atomic E-state index is 0. The lowest BCUT2D eigenvalue weighted by molar-refractivity contribution is -0.137. The molecule has 0 amide bonds. The molecule has 9 heteroatoms. The van der Waals surface area contributed by atoms with Crippen molar-refractivity contribution in [1.82, 2.24) is 5.32 Å². The van der Waals surface area contributed by atoms with E-state index in [9.17, 15) is 13.2 Å². The van der Waals surface area contributed by atoms with Gasteiger partial charge in [0.25, 0.3) is 0 Å². The van der Waals surface area contributed by atoms with Gasteiger partial charge in [-0.05, 0) is 36.8 Å².